The van der Waals surface area contributed by atoms with Gasteiger partial charge in [0.15, 0.2) is 0 Å². The van der Waals surface area contributed by atoms with Gasteiger partial charge in [0.05, 0.1) is 15.7 Å². The third-order valence-electron chi connectivity index (χ3n) is 6.72. The number of nitro groups is 1. The van der Waals surface area contributed by atoms with Crippen LogP contribution < -0.4 is 16.0 Å². The van der Waals surface area contributed by atoms with E-state index >= 15 is 0 Å². The quantitative estimate of drug-likeness (QED) is 0.0589. The number of nitrogens with zero attached hydrogens (tertiary/aromatic N) is 1. The topological polar surface area (TPSA) is 168 Å². The number of nitro benzene ring substituents is 1. The molecule has 4 rings (SSSR count). The Labute approximate surface area is 268 Å². The summed E-state index contributed by atoms with van der Waals surface area (Å²) in [6.45, 7) is 3.63. The number of thioether (sulfide) groups is 1. The van der Waals surface area contributed by atoms with Crippen molar-refractivity contribution >= 4 is 58.6 Å². The van der Waals surface area contributed by atoms with E-state index in [-0.39, 0.29) is 22.9 Å². The predicted octanol–water partition coefficient (Wildman–Crippen LogP) is 6.52. The molecule has 0 spiro atoms. The molecule has 4 N–H and O–H groups in total. The Morgan fingerprint density at radius 3 is 2.26 bits per heavy atom. The molecule has 0 aliphatic rings. The van der Waals surface area contributed by atoms with Crippen molar-refractivity contribution in [2.45, 2.75) is 30.4 Å². The maximum atomic E-state index is 13.5. The fourth-order valence-corrected chi connectivity index (χ4v) is 5.25. The second-order valence-electron chi connectivity index (χ2n) is 10.0. The van der Waals surface area contributed by atoms with Crippen LogP contribution in [0.15, 0.2) is 108 Å². The van der Waals surface area contributed by atoms with Gasteiger partial charge in [-0.15, -0.1) is 11.8 Å². The molecule has 0 fully saturated rings. The molecule has 0 saturated carbocycles. The molecule has 12 heteroatoms. The lowest BCUT2D eigenvalue weighted by Gasteiger charge is -2.17. The number of carboxylic acid groups (broad SMARTS) is 1. The van der Waals surface area contributed by atoms with Gasteiger partial charge in [0.25, 0.3) is 17.5 Å². The van der Waals surface area contributed by atoms with Gasteiger partial charge >= 0.3 is 5.97 Å². The van der Waals surface area contributed by atoms with Gasteiger partial charge in [-0.05, 0) is 85.1 Å². The first-order valence-corrected chi connectivity index (χ1v) is 15.0. The molecule has 11 nitrogen and oxygen atoms in total. The zero-order valence-corrected chi connectivity index (χ0v) is 25.7. The number of nitrogens with one attached hydrogen (secondary N) is 3. The van der Waals surface area contributed by atoms with Crippen LogP contribution in [0.4, 0.5) is 17.1 Å². The number of hydrogen-bond donors (Lipinski definition) is 4. The Kier molecular flexibility index (Phi) is 11.0. The number of amides is 3. The van der Waals surface area contributed by atoms with Crippen LogP contribution in [-0.2, 0) is 9.59 Å². The van der Waals surface area contributed by atoms with E-state index in [4.69, 9.17) is 0 Å². The van der Waals surface area contributed by atoms with Crippen LogP contribution in [0.3, 0.4) is 0 Å². The van der Waals surface area contributed by atoms with Crippen LogP contribution in [0, 0.1) is 17.0 Å². The molecule has 0 saturated heterocycles. The number of carbonyl (C=O) groups is 4. The van der Waals surface area contributed by atoms with Crippen molar-refractivity contribution in [2.75, 3.05) is 10.6 Å². The number of anilines is 2. The first kappa shape index (κ1) is 33.1. The van der Waals surface area contributed by atoms with E-state index in [1.54, 1.807) is 67.6 Å². The van der Waals surface area contributed by atoms with Gasteiger partial charge in [-0.25, -0.2) is 4.79 Å². The molecule has 4 aromatic carbocycles. The summed E-state index contributed by atoms with van der Waals surface area (Å²) in [5, 5.41) is 28.1. The molecular weight excluding hydrogens is 608 g/mol. The van der Waals surface area contributed by atoms with Crippen molar-refractivity contribution in [3.8, 4) is 0 Å². The number of non-ortho nitro benzene ring substituents is 1. The Morgan fingerprint density at radius 2 is 1.61 bits per heavy atom. The molecule has 0 aromatic heterocycles. The third kappa shape index (κ3) is 8.89. The Bertz CT molecular complexity index is 1810. The van der Waals surface area contributed by atoms with E-state index in [9.17, 15) is 34.4 Å². The normalized spacial score (nSPS) is 11.7. The summed E-state index contributed by atoms with van der Waals surface area (Å²) in [5.74, 6) is -2.55. The maximum absolute atomic E-state index is 13.5. The second-order valence-corrected chi connectivity index (χ2v) is 11.3. The van der Waals surface area contributed by atoms with Crippen LogP contribution in [-0.4, -0.2) is 39.0 Å². The van der Waals surface area contributed by atoms with E-state index in [0.717, 1.165) is 5.56 Å². The standard InChI is InChI=1S/C34H30N4O7S/c1-3-30(33(41)36-28-19-24(34(42)43)15-12-21(28)2)46-27-11-7-10-25(20-27)35-32(40)29(37-31(39)23-8-5-4-6-9-23)18-22-13-16-26(17-14-22)38(44)45/h4-20,30H,3H2,1-2H3,(H,35,40)(H,36,41)(H,37,39)(H,42,43)/b29-18+. The highest BCUT2D eigenvalue weighted by molar-refractivity contribution is 8.00. The summed E-state index contributed by atoms with van der Waals surface area (Å²) in [6.07, 6.45) is 1.88. The molecule has 4 aromatic rings. The molecular formula is C34H30N4O7S. The van der Waals surface area contributed by atoms with Crippen LogP contribution in [0.1, 0.15) is 45.2 Å². The molecule has 3 amide bonds. The van der Waals surface area contributed by atoms with Gasteiger partial charge in [0, 0.05) is 34.0 Å². The van der Waals surface area contributed by atoms with Crippen molar-refractivity contribution in [1.29, 1.82) is 0 Å². The minimum absolute atomic E-state index is 0.0620. The molecule has 1 unspecified atom stereocenters. The molecule has 0 radical (unpaired) electrons. The molecule has 0 heterocycles. The van der Waals surface area contributed by atoms with E-state index in [1.165, 1.54) is 54.2 Å². The summed E-state index contributed by atoms with van der Waals surface area (Å²) in [6, 6.07) is 25.2. The van der Waals surface area contributed by atoms with Crippen LogP contribution >= 0.6 is 11.8 Å². The summed E-state index contributed by atoms with van der Waals surface area (Å²) >= 11 is 1.28. The zero-order chi connectivity index (χ0) is 33.2. The number of rotatable bonds is 12. The summed E-state index contributed by atoms with van der Waals surface area (Å²) in [4.78, 5) is 62.1. The Balaban J connectivity index is 1.52. The number of aryl methyl sites for hydroxylation is 1. The number of hydrogen-bond acceptors (Lipinski definition) is 7. The van der Waals surface area contributed by atoms with Crippen molar-refractivity contribution in [1.82, 2.24) is 5.32 Å². The largest absolute Gasteiger partial charge is 0.478 e. The number of benzene rings is 4. The van der Waals surface area contributed by atoms with E-state index in [1.807, 2.05) is 6.92 Å². The van der Waals surface area contributed by atoms with Gasteiger partial charge in [0.1, 0.15) is 5.70 Å². The molecule has 234 valence electrons. The van der Waals surface area contributed by atoms with E-state index in [0.29, 0.717) is 33.8 Å². The van der Waals surface area contributed by atoms with E-state index in [2.05, 4.69) is 16.0 Å². The van der Waals surface area contributed by atoms with Crippen molar-refractivity contribution in [2.24, 2.45) is 0 Å². The lowest BCUT2D eigenvalue weighted by atomic mass is 10.1. The lowest BCUT2D eigenvalue weighted by Crippen LogP contribution is -2.30. The first-order chi connectivity index (χ1) is 22.0. The van der Waals surface area contributed by atoms with Crippen LogP contribution in [0.2, 0.25) is 0 Å². The predicted molar refractivity (Wildman–Crippen MR) is 177 cm³/mol. The zero-order valence-electron chi connectivity index (χ0n) is 24.9. The summed E-state index contributed by atoms with van der Waals surface area (Å²) in [5.41, 5.74) is 2.17. The van der Waals surface area contributed by atoms with Crippen molar-refractivity contribution in [3.05, 3.63) is 135 Å². The average molecular weight is 639 g/mol. The van der Waals surface area contributed by atoms with Crippen LogP contribution in [0.25, 0.3) is 6.08 Å². The highest BCUT2D eigenvalue weighted by Gasteiger charge is 2.21. The Hall–Kier alpha value is -5.75. The fourth-order valence-electron chi connectivity index (χ4n) is 4.24. The number of aromatic carboxylic acids is 1. The fraction of sp³-hybridized carbons (Fsp3) is 0.118. The van der Waals surface area contributed by atoms with E-state index < -0.39 is 28.0 Å². The smallest absolute Gasteiger partial charge is 0.335 e. The Morgan fingerprint density at radius 1 is 0.891 bits per heavy atom. The molecule has 0 bridgehead atoms. The summed E-state index contributed by atoms with van der Waals surface area (Å²) < 4.78 is 0. The highest BCUT2D eigenvalue weighted by Crippen LogP contribution is 2.29. The highest BCUT2D eigenvalue weighted by atomic mass is 32.2. The maximum Gasteiger partial charge on any atom is 0.335 e. The van der Waals surface area contributed by atoms with Crippen LogP contribution in [0.5, 0.6) is 0 Å². The van der Waals surface area contributed by atoms with Gasteiger partial charge in [-0.1, -0.05) is 37.3 Å². The molecule has 0 aliphatic heterocycles. The molecule has 1 atom stereocenters. The second kappa shape index (κ2) is 15.3. The van der Waals surface area contributed by atoms with Crippen molar-refractivity contribution < 1.29 is 29.2 Å². The van der Waals surface area contributed by atoms with Gasteiger partial charge in [0.2, 0.25) is 5.91 Å². The molecule has 0 aliphatic carbocycles. The van der Waals surface area contributed by atoms with Gasteiger partial charge in [-0.3, -0.25) is 24.5 Å². The lowest BCUT2D eigenvalue weighted by molar-refractivity contribution is -0.384. The molecule has 46 heavy (non-hydrogen) atoms. The summed E-state index contributed by atoms with van der Waals surface area (Å²) in [7, 11) is 0. The minimum atomic E-state index is -1.10. The minimum Gasteiger partial charge on any atom is -0.478 e. The monoisotopic (exact) mass is 638 g/mol. The SMILES string of the molecule is CCC(Sc1cccc(NC(=O)/C(=C\c2ccc([N+](=O)[O-])cc2)NC(=O)c2ccccc2)c1)C(=O)Nc1cc(C(=O)O)ccc1C. The van der Waals surface area contributed by atoms with Crippen molar-refractivity contribution in [3.63, 3.8) is 0 Å². The van der Waals surface area contributed by atoms with Gasteiger partial charge < -0.3 is 21.1 Å². The number of carbonyl (C=O) groups excluding carboxylic acids is 3. The first-order valence-electron chi connectivity index (χ1n) is 14.1. The number of carboxylic acids is 1. The van der Waals surface area contributed by atoms with Gasteiger partial charge in [-0.2, -0.15) is 0 Å². The third-order valence-corrected chi connectivity index (χ3v) is 8.08. The average Bonchev–Trinajstić information content (AvgIpc) is 3.04.